The van der Waals surface area contributed by atoms with Gasteiger partial charge in [-0.05, 0) is 46.6 Å². The van der Waals surface area contributed by atoms with Gasteiger partial charge in [0.1, 0.15) is 0 Å². The first-order valence-corrected chi connectivity index (χ1v) is 6.63. The Kier molecular flexibility index (Phi) is 3.47. The quantitative estimate of drug-likeness (QED) is 0.734. The Balaban J connectivity index is 2.38. The molecular weight excluding hydrogens is 308 g/mol. The number of hydrogen-bond donors (Lipinski definition) is 0. The van der Waals surface area contributed by atoms with Gasteiger partial charge in [-0.2, -0.15) is 0 Å². The first-order valence-electron chi connectivity index (χ1n) is 4.64. The van der Waals surface area contributed by atoms with Crippen LogP contribution in [0.1, 0.15) is 20.8 Å². The molecule has 0 spiro atoms. The molecule has 0 aliphatic heterocycles. The van der Waals surface area contributed by atoms with Crippen molar-refractivity contribution < 1.29 is 4.79 Å². The molecule has 0 amide bonds. The predicted octanol–water partition coefficient (Wildman–Crippen LogP) is 4.70. The van der Waals surface area contributed by atoms with Crippen LogP contribution in [0, 0.1) is 6.92 Å². The molecule has 2 aromatic rings. The van der Waals surface area contributed by atoms with Gasteiger partial charge >= 0.3 is 0 Å². The van der Waals surface area contributed by atoms with Crippen LogP contribution in [0.4, 0.5) is 0 Å². The maximum atomic E-state index is 12.1. The second kappa shape index (κ2) is 4.70. The first kappa shape index (κ1) is 11.8. The lowest BCUT2D eigenvalue weighted by Crippen LogP contribution is -1.98. The van der Waals surface area contributed by atoms with Gasteiger partial charge in [-0.25, -0.2) is 0 Å². The number of benzene rings is 1. The molecule has 0 aliphatic carbocycles. The van der Waals surface area contributed by atoms with Gasteiger partial charge < -0.3 is 0 Å². The van der Waals surface area contributed by atoms with E-state index in [0.29, 0.717) is 15.5 Å². The Morgan fingerprint density at radius 2 is 2.06 bits per heavy atom. The van der Waals surface area contributed by atoms with E-state index in [2.05, 4.69) is 15.9 Å². The van der Waals surface area contributed by atoms with E-state index in [1.165, 1.54) is 11.3 Å². The minimum Gasteiger partial charge on any atom is -0.288 e. The third kappa shape index (κ3) is 2.37. The van der Waals surface area contributed by atoms with Gasteiger partial charge in [0, 0.05) is 10.6 Å². The van der Waals surface area contributed by atoms with Crippen LogP contribution in [-0.4, -0.2) is 5.78 Å². The highest BCUT2D eigenvalue weighted by Crippen LogP contribution is 2.25. The standard InChI is InChI=1S/C12H8BrClOS/c1-7-2-3-8(6-9(7)14)12(15)10-4-5-11(13)16-10/h2-6H,1H3. The van der Waals surface area contributed by atoms with Gasteiger partial charge in [0.15, 0.2) is 0 Å². The zero-order chi connectivity index (χ0) is 11.7. The first-order chi connectivity index (χ1) is 7.58. The fourth-order valence-electron chi connectivity index (χ4n) is 1.31. The maximum absolute atomic E-state index is 12.1. The molecule has 0 aliphatic rings. The van der Waals surface area contributed by atoms with Crippen molar-refractivity contribution in [1.82, 2.24) is 0 Å². The lowest BCUT2D eigenvalue weighted by Gasteiger charge is -2.01. The molecule has 82 valence electrons. The van der Waals surface area contributed by atoms with Crippen LogP contribution in [0.2, 0.25) is 5.02 Å². The van der Waals surface area contributed by atoms with Crippen molar-refractivity contribution >= 4 is 44.7 Å². The Morgan fingerprint density at radius 1 is 1.31 bits per heavy atom. The number of carbonyl (C=O) groups is 1. The summed E-state index contributed by atoms with van der Waals surface area (Å²) in [5, 5.41) is 0.626. The second-order valence-electron chi connectivity index (χ2n) is 3.40. The highest BCUT2D eigenvalue weighted by Gasteiger charge is 2.12. The van der Waals surface area contributed by atoms with E-state index >= 15 is 0 Å². The van der Waals surface area contributed by atoms with E-state index in [1.807, 2.05) is 25.1 Å². The molecule has 0 N–H and O–H groups in total. The molecular formula is C12H8BrClOS. The van der Waals surface area contributed by atoms with Gasteiger partial charge in [-0.3, -0.25) is 4.79 Å². The number of ketones is 1. The molecule has 1 nitrogen and oxygen atoms in total. The fourth-order valence-corrected chi connectivity index (χ4v) is 2.84. The normalized spacial score (nSPS) is 10.4. The predicted molar refractivity (Wildman–Crippen MR) is 71.6 cm³/mol. The number of hydrogen-bond acceptors (Lipinski definition) is 2. The number of rotatable bonds is 2. The summed E-state index contributed by atoms with van der Waals surface area (Å²) < 4.78 is 0.953. The maximum Gasteiger partial charge on any atom is 0.203 e. The van der Waals surface area contributed by atoms with Crippen molar-refractivity contribution in [2.45, 2.75) is 6.92 Å². The molecule has 1 aromatic carbocycles. The molecule has 0 saturated carbocycles. The Bertz CT molecular complexity index is 548. The van der Waals surface area contributed by atoms with Gasteiger partial charge in [0.2, 0.25) is 5.78 Å². The highest BCUT2D eigenvalue weighted by molar-refractivity contribution is 9.11. The van der Waals surface area contributed by atoms with Crippen LogP contribution in [0.25, 0.3) is 0 Å². The lowest BCUT2D eigenvalue weighted by atomic mass is 10.1. The zero-order valence-electron chi connectivity index (χ0n) is 8.46. The van der Waals surface area contributed by atoms with Crippen LogP contribution in [0.5, 0.6) is 0 Å². The summed E-state index contributed by atoms with van der Waals surface area (Å²) in [5.74, 6) is 0.0117. The smallest absolute Gasteiger partial charge is 0.203 e. The highest BCUT2D eigenvalue weighted by atomic mass is 79.9. The molecule has 0 fully saturated rings. The van der Waals surface area contributed by atoms with Crippen LogP contribution < -0.4 is 0 Å². The molecule has 0 radical (unpaired) electrons. The second-order valence-corrected chi connectivity index (χ2v) is 6.27. The Labute approximate surface area is 111 Å². The minimum absolute atomic E-state index is 0.0117. The summed E-state index contributed by atoms with van der Waals surface area (Å²) >= 11 is 10.8. The molecule has 4 heteroatoms. The monoisotopic (exact) mass is 314 g/mol. The van der Waals surface area contributed by atoms with Crippen LogP contribution in [0.15, 0.2) is 34.1 Å². The molecule has 1 heterocycles. The van der Waals surface area contributed by atoms with E-state index in [1.54, 1.807) is 12.1 Å². The Hall–Kier alpha value is -0.640. The summed E-state index contributed by atoms with van der Waals surface area (Å²) in [4.78, 5) is 12.8. The molecule has 1 aromatic heterocycles. The third-order valence-electron chi connectivity index (χ3n) is 2.23. The van der Waals surface area contributed by atoms with Crippen LogP contribution >= 0.6 is 38.9 Å². The number of carbonyl (C=O) groups excluding carboxylic acids is 1. The van der Waals surface area contributed by atoms with Gasteiger partial charge in [-0.15, -0.1) is 11.3 Å². The average molecular weight is 316 g/mol. The zero-order valence-corrected chi connectivity index (χ0v) is 11.6. The van der Waals surface area contributed by atoms with E-state index in [4.69, 9.17) is 11.6 Å². The molecule has 0 unspecified atom stereocenters. The van der Waals surface area contributed by atoms with Gasteiger partial charge in [0.05, 0.1) is 8.66 Å². The Morgan fingerprint density at radius 3 is 2.62 bits per heavy atom. The van der Waals surface area contributed by atoms with E-state index < -0.39 is 0 Å². The van der Waals surface area contributed by atoms with E-state index in [0.717, 1.165) is 9.35 Å². The van der Waals surface area contributed by atoms with Crippen molar-refractivity contribution in [3.8, 4) is 0 Å². The minimum atomic E-state index is 0.0117. The molecule has 2 rings (SSSR count). The fraction of sp³-hybridized carbons (Fsp3) is 0.0833. The van der Waals surface area contributed by atoms with Crippen molar-refractivity contribution in [3.63, 3.8) is 0 Å². The lowest BCUT2D eigenvalue weighted by molar-refractivity contribution is 0.104. The largest absolute Gasteiger partial charge is 0.288 e. The SMILES string of the molecule is Cc1ccc(C(=O)c2ccc(Br)s2)cc1Cl. The van der Waals surface area contributed by atoms with Crippen molar-refractivity contribution in [1.29, 1.82) is 0 Å². The van der Waals surface area contributed by atoms with Gasteiger partial charge in [0.25, 0.3) is 0 Å². The van der Waals surface area contributed by atoms with E-state index in [-0.39, 0.29) is 5.78 Å². The number of aryl methyl sites for hydroxylation is 1. The molecule has 16 heavy (non-hydrogen) atoms. The number of halogens is 2. The third-order valence-corrected chi connectivity index (χ3v) is 4.26. The van der Waals surface area contributed by atoms with E-state index in [9.17, 15) is 4.79 Å². The number of thiophene rings is 1. The topological polar surface area (TPSA) is 17.1 Å². The summed E-state index contributed by atoms with van der Waals surface area (Å²) in [6.45, 7) is 1.91. The van der Waals surface area contributed by atoms with Crippen molar-refractivity contribution in [2.75, 3.05) is 0 Å². The molecule has 0 bridgehead atoms. The van der Waals surface area contributed by atoms with Crippen molar-refractivity contribution in [3.05, 3.63) is 55.1 Å². The molecule has 0 saturated heterocycles. The van der Waals surface area contributed by atoms with Crippen LogP contribution in [-0.2, 0) is 0 Å². The summed E-state index contributed by atoms with van der Waals surface area (Å²) in [5.41, 5.74) is 1.61. The van der Waals surface area contributed by atoms with Gasteiger partial charge in [-0.1, -0.05) is 23.7 Å². The average Bonchev–Trinajstić information content (AvgIpc) is 2.68. The molecule has 0 atom stereocenters. The summed E-state index contributed by atoms with van der Waals surface area (Å²) in [6.07, 6.45) is 0. The summed E-state index contributed by atoms with van der Waals surface area (Å²) in [7, 11) is 0. The van der Waals surface area contributed by atoms with Crippen LogP contribution in [0.3, 0.4) is 0 Å². The summed E-state index contributed by atoms with van der Waals surface area (Å²) in [6, 6.07) is 9.06. The van der Waals surface area contributed by atoms with Crippen molar-refractivity contribution in [2.24, 2.45) is 0 Å².